The normalized spacial score (nSPS) is 34.4. The second-order valence-electron chi connectivity index (χ2n) is 10.7. The zero-order chi connectivity index (χ0) is 26.6. The molecule has 10 nitrogen and oxygen atoms in total. The highest BCUT2D eigenvalue weighted by Crippen LogP contribution is 2.69. The van der Waals surface area contributed by atoms with Crippen LogP contribution in [0, 0.1) is 19.8 Å². The smallest absolute Gasteiger partial charge is 0.342 e. The van der Waals surface area contributed by atoms with E-state index < -0.39 is 88.7 Å². The Morgan fingerprint density at radius 2 is 1.59 bits per heavy atom. The van der Waals surface area contributed by atoms with Crippen molar-refractivity contribution < 1.29 is 49.1 Å². The van der Waals surface area contributed by atoms with Crippen LogP contribution >= 0.6 is 11.6 Å². The summed E-state index contributed by atoms with van der Waals surface area (Å²) in [5, 5.41) is 45.4. The van der Waals surface area contributed by atoms with Crippen molar-refractivity contribution >= 4 is 35.1 Å². The summed E-state index contributed by atoms with van der Waals surface area (Å²) in [6.07, 6.45) is -2.25. The minimum atomic E-state index is -2.41. The number of phenolic OH excluding ortho intramolecular Hbond substituents is 2. The van der Waals surface area contributed by atoms with E-state index in [0.29, 0.717) is 0 Å². The van der Waals surface area contributed by atoms with Gasteiger partial charge in [-0.25, -0.2) is 9.59 Å². The molecule has 0 radical (unpaired) electrons. The Bertz CT molecular complexity index is 1590. The third kappa shape index (κ3) is 2.05. The lowest BCUT2D eigenvalue weighted by atomic mass is 9.37. The largest absolute Gasteiger partial charge is 0.507 e. The number of hydrogen-bond acceptors (Lipinski definition) is 10. The van der Waals surface area contributed by atoms with Crippen LogP contribution in [0.4, 0.5) is 0 Å². The second-order valence-corrected chi connectivity index (χ2v) is 11.1. The quantitative estimate of drug-likeness (QED) is 0.368. The van der Waals surface area contributed by atoms with Gasteiger partial charge in [0.05, 0.1) is 22.5 Å². The predicted molar refractivity (Wildman–Crippen MR) is 122 cm³/mol. The van der Waals surface area contributed by atoms with Gasteiger partial charge < -0.3 is 29.9 Å². The first kappa shape index (κ1) is 22.7. The molecule has 0 saturated heterocycles. The van der Waals surface area contributed by atoms with Crippen molar-refractivity contribution in [3.63, 3.8) is 0 Å². The Hall–Kier alpha value is -3.47. The van der Waals surface area contributed by atoms with Crippen LogP contribution in [0.2, 0.25) is 5.02 Å². The molecule has 3 aliphatic carbocycles. The summed E-state index contributed by atoms with van der Waals surface area (Å²) in [6.45, 7) is 2.01. The van der Waals surface area contributed by atoms with Gasteiger partial charge in [-0.05, 0) is 48.6 Å². The molecule has 11 heteroatoms. The number of benzene rings is 2. The number of ketones is 2. The number of phenols is 2. The molecule has 5 atom stereocenters. The van der Waals surface area contributed by atoms with Gasteiger partial charge in [0.1, 0.15) is 41.4 Å². The maximum atomic E-state index is 14.0. The number of rotatable bonds is 0. The number of Topliss-reactive ketones (excluding diaryl/α,β-unsaturated/α-hetero) is 2. The lowest BCUT2D eigenvalue weighted by molar-refractivity contribution is -0.170. The van der Waals surface area contributed by atoms with Gasteiger partial charge in [-0.2, -0.15) is 0 Å². The van der Waals surface area contributed by atoms with E-state index in [1.54, 1.807) is 0 Å². The van der Waals surface area contributed by atoms with E-state index >= 15 is 0 Å². The molecule has 1 fully saturated rings. The number of aliphatic hydroxyl groups excluding tert-OH is 1. The Kier molecular flexibility index (Phi) is 3.88. The topological polar surface area (TPSA) is 168 Å². The highest BCUT2D eigenvalue weighted by molar-refractivity contribution is 6.34. The highest BCUT2D eigenvalue weighted by atomic mass is 35.5. The molecule has 0 amide bonds. The summed E-state index contributed by atoms with van der Waals surface area (Å²) in [5.74, 6) is -6.29. The van der Waals surface area contributed by atoms with Crippen LogP contribution in [0.5, 0.6) is 11.5 Å². The molecular formula is C26H19ClO10. The minimum Gasteiger partial charge on any atom is -0.507 e. The number of hydrogen-bond donors (Lipinski definition) is 4. The summed E-state index contributed by atoms with van der Waals surface area (Å²) in [7, 11) is 0. The molecule has 4 bridgehead atoms. The molecule has 1 saturated carbocycles. The zero-order valence-electron chi connectivity index (χ0n) is 19.5. The first-order chi connectivity index (χ1) is 17.3. The maximum Gasteiger partial charge on any atom is 0.342 e. The standard InChI is InChI=1S/C26H19ClO10/c1-7-3-9(28)12-14-10(7)20(31)26(35)4-24(14,5-36-22(12)33)25-6-37-23(34)13-15(25)11(8(2)17(27)19(13)30)18(29)16(26)21(25)32/h3,16,21,28,30,32,35H,4-6H2,1-2H3. The molecule has 190 valence electrons. The van der Waals surface area contributed by atoms with Crippen molar-refractivity contribution in [1.82, 2.24) is 0 Å². The van der Waals surface area contributed by atoms with E-state index in [1.807, 2.05) is 0 Å². The summed E-state index contributed by atoms with van der Waals surface area (Å²) in [5.41, 5.74) is -6.24. The molecule has 4 N–H and O–H groups in total. The molecule has 2 aromatic carbocycles. The van der Waals surface area contributed by atoms with Crippen LogP contribution in [0.25, 0.3) is 0 Å². The Morgan fingerprint density at radius 1 is 0.946 bits per heavy atom. The third-order valence-electron chi connectivity index (χ3n) is 9.28. The maximum absolute atomic E-state index is 14.0. The Balaban J connectivity index is 1.76. The number of carbonyl (C=O) groups is 4. The number of carbonyl (C=O) groups excluding carboxylic acids is 4. The Morgan fingerprint density at radius 3 is 2.30 bits per heavy atom. The minimum absolute atomic E-state index is 0.0239. The number of cyclic esters (lactones) is 2. The first-order valence-corrected chi connectivity index (χ1v) is 12.0. The molecule has 2 heterocycles. The first-order valence-electron chi connectivity index (χ1n) is 11.6. The number of fused-ring (bicyclic) bond motifs is 3. The van der Waals surface area contributed by atoms with Gasteiger partial charge in [0.25, 0.3) is 0 Å². The fourth-order valence-electron chi connectivity index (χ4n) is 7.83. The van der Waals surface area contributed by atoms with Crippen molar-refractivity contribution in [2.45, 2.75) is 42.8 Å². The molecule has 2 aliphatic heterocycles. The van der Waals surface area contributed by atoms with Gasteiger partial charge in [-0.15, -0.1) is 0 Å². The van der Waals surface area contributed by atoms with Gasteiger partial charge in [0.15, 0.2) is 11.6 Å². The van der Waals surface area contributed by atoms with Crippen molar-refractivity contribution in [1.29, 1.82) is 0 Å². The fourth-order valence-corrected chi connectivity index (χ4v) is 8.02. The van der Waals surface area contributed by atoms with E-state index in [1.165, 1.54) is 19.9 Å². The van der Waals surface area contributed by atoms with Crippen LogP contribution in [0.3, 0.4) is 0 Å². The Labute approximate surface area is 213 Å². The van der Waals surface area contributed by atoms with E-state index in [0.717, 1.165) is 0 Å². The van der Waals surface area contributed by atoms with Crippen LogP contribution < -0.4 is 0 Å². The molecular weight excluding hydrogens is 508 g/mol. The van der Waals surface area contributed by atoms with Gasteiger partial charge in [-0.1, -0.05) is 11.6 Å². The number of aliphatic hydroxyl groups is 2. The van der Waals surface area contributed by atoms with Gasteiger partial charge in [-0.3, -0.25) is 9.59 Å². The van der Waals surface area contributed by atoms with Gasteiger partial charge >= 0.3 is 11.9 Å². The predicted octanol–water partition coefficient (Wildman–Crippen LogP) is 1.39. The molecule has 37 heavy (non-hydrogen) atoms. The van der Waals surface area contributed by atoms with Gasteiger partial charge in [0.2, 0.25) is 0 Å². The highest BCUT2D eigenvalue weighted by Gasteiger charge is 2.79. The molecule has 5 unspecified atom stereocenters. The van der Waals surface area contributed by atoms with Crippen molar-refractivity contribution in [2.75, 3.05) is 13.2 Å². The van der Waals surface area contributed by atoms with Crippen LogP contribution in [-0.4, -0.2) is 68.8 Å². The molecule has 2 aromatic rings. The van der Waals surface area contributed by atoms with Crippen LogP contribution in [-0.2, 0) is 20.3 Å². The number of aromatic hydroxyl groups is 2. The summed E-state index contributed by atoms with van der Waals surface area (Å²) < 4.78 is 11.0. The summed E-state index contributed by atoms with van der Waals surface area (Å²) >= 11 is 6.32. The second kappa shape index (κ2) is 6.32. The van der Waals surface area contributed by atoms with E-state index in [2.05, 4.69) is 0 Å². The van der Waals surface area contributed by atoms with Crippen molar-refractivity contribution in [2.24, 2.45) is 5.92 Å². The SMILES string of the molecule is Cc1cc(O)c2c3c1C(=O)C1(O)CC3(COC2=O)C23COC(=O)c4c(O)c(Cl)c(C)c(c42)C(=O)C1C3O. The lowest BCUT2D eigenvalue weighted by Gasteiger charge is -2.67. The average molecular weight is 527 g/mol. The number of esters is 2. The summed E-state index contributed by atoms with van der Waals surface area (Å²) in [6, 6.07) is 1.21. The lowest BCUT2D eigenvalue weighted by Crippen LogP contribution is -2.80. The van der Waals surface area contributed by atoms with Crippen molar-refractivity contribution in [3.8, 4) is 11.5 Å². The average Bonchev–Trinajstić information content (AvgIpc) is 2.82. The molecule has 2 spiro atoms. The van der Waals surface area contributed by atoms with Gasteiger partial charge in [0, 0.05) is 16.5 Å². The monoisotopic (exact) mass is 526 g/mol. The number of halogens is 1. The van der Waals surface area contributed by atoms with Crippen LogP contribution in [0.15, 0.2) is 6.07 Å². The number of ether oxygens (including phenoxy) is 2. The van der Waals surface area contributed by atoms with Crippen molar-refractivity contribution in [3.05, 3.63) is 55.6 Å². The molecule has 7 rings (SSSR count). The zero-order valence-corrected chi connectivity index (χ0v) is 20.2. The van der Waals surface area contributed by atoms with Crippen LogP contribution in [0.1, 0.15) is 70.1 Å². The van der Waals surface area contributed by atoms with E-state index in [4.69, 9.17) is 21.1 Å². The third-order valence-corrected chi connectivity index (χ3v) is 9.74. The van der Waals surface area contributed by atoms with E-state index in [9.17, 15) is 39.6 Å². The molecule has 5 aliphatic rings. The van der Waals surface area contributed by atoms with E-state index in [-0.39, 0.29) is 44.0 Å². The summed E-state index contributed by atoms with van der Waals surface area (Å²) in [4.78, 5) is 53.9. The number of aryl methyl sites for hydroxylation is 1. The molecule has 0 aromatic heterocycles. The fraction of sp³-hybridized carbons (Fsp3) is 0.385.